The van der Waals surface area contributed by atoms with Crippen molar-refractivity contribution >= 4 is 11.8 Å². The van der Waals surface area contributed by atoms with Gasteiger partial charge in [-0.1, -0.05) is 24.6 Å². The zero-order chi connectivity index (χ0) is 17.3. The molecule has 2 amide bonds. The highest BCUT2D eigenvalue weighted by Crippen LogP contribution is 2.50. The second kappa shape index (κ2) is 6.79. The fraction of sp³-hybridized carbons (Fsp3) is 0.600. The van der Waals surface area contributed by atoms with E-state index in [1.165, 1.54) is 0 Å². The minimum Gasteiger partial charge on any atom is -0.338 e. The first kappa shape index (κ1) is 16.6. The lowest BCUT2D eigenvalue weighted by Crippen LogP contribution is -2.45. The Balaban J connectivity index is 1.48. The fourth-order valence-corrected chi connectivity index (χ4v) is 4.79. The number of hydroxylamine groups is 2. The van der Waals surface area contributed by atoms with E-state index >= 15 is 0 Å². The van der Waals surface area contributed by atoms with Gasteiger partial charge in [0.15, 0.2) is 0 Å². The van der Waals surface area contributed by atoms with Crippen molar-refractivity contribution in [3.05, 3.63) is 35.9 Å². The molecule has 1 saturated carbocycles. The van der Waals surface area contributed by atoms with Crippen molar-refractivity contribution in [3.63, 3.8) is 0 Å². The lowest BCUT2D eigenvalue weighted by atomic mass is 9.76. The number of hydrogen-bond acceptors (Lipinski definition) is 3. The molecule has 0 unspecified atom stereocenters. The maximum atomic E-state index is 13.0. The van der Waals surface area contributed by atoms with Crippen molar-refractivity contribution in [2.75, 3.05) is 26.2 Å². The van der Waals surface area contributed by atoms with E-state index < -0.39 is 0 Å². The first-order chi connectivity index (χ1) is 12.2. The van der Waals surface area contributed by atoms with Gasteiger partial charge in [0.25, 0.3) is 5.91 Å². The minimum absolute atomic E-state index is 0.000765. The average Bonchev–Trinajstić information content (AvgIpc) is 3.29. The van der Waals surface area contributed by atoms with Crippen LogP contribution < -0.4 is 0 Å². The van der Waals surface area contributed by atoms with Crippen LogP contribution in [0.3, 0.4) is 0 Å². The summed E-state index contributed by atoms with van der Waals surface area (Å²) in [5.41, 5.74) is 0.683. The van der Waals surface area contributed by atoms with E-state index in [9.17, 15) is 9.59 Å². The summed E-state index contributed by atoms with van der Waals surface area (Å²) in [5, 5.41) is 1.60. The van der Waals surface area contributed by atoms with E-state index in [1.54, 1.807) is 5.06 Å². The molecule has 1 aromatic rings. The third-order valence-electron chi connectivity index (χ3n) is 6.15. The molecule has 4 rings (SSSR count). The van der Waals surface area contributed by atoms with Gasteiger partial charge in [0.1, 0.15) is 0 Å². The van der Waals surface area contributed by atoms with Crippen molar-refractivity contribution in [3.8, 4) is 0 Å². The largest absolute Gasteiger partial charge is 0.338 e. The third-order valence-corrected chi connectivity index (χ3v) is 6.15. The van der Waals surface area contributed by atoms with Crippen LogP contribution in [0.15, 0.2) is 30.3 Å². The lowest BCUT2D eigenvalue weighted by Gasteiger charge is -2.35. The SMILES string of the molecule is O=C(c1ccccc1)N1CC[C@]2(CCC[C@@H]2C(=O)N2CCCCO2)C1. The summed E-state index contributed by atoms with van der Waals surface area (Å²) in [6.45, 7) is 2.80. The van der Waals surface area contributed by atoms with Crippen LogP contribution in [0.25, 0.3) is 0 Å². The number of amides is 2. The third kappa shape index (κ3) is 3.06. The summed E-state index contributed by atoms with van der Waals surface area (Å²) >= 11 is 0. The Morgan fingerprint density at radius 1 is 1.04 bits per heavy atom. The Bertz CT molecular complexity index is 642. The highest BCUT2D eigenvalue weighted by molar-refractivity contribution is 5.94. The van der Waals surface area contributed by atoms with Crippen LogP contribution in [0.2, 0.25) is 0 Å². The molecule has 1 aliphatic carbocycles. The van der Waals surface area contributed by atoms with E-state index in [-0.39, 0.29) is 23.1 Å². The molecule has 1 aromatic carbocycles. The molecule has 2 atom stereocenters. The summed E-state index contributed by atoms with van der Waals surface area (Å²) in [7, 11) is 0. The van der Waals surface area contributed by atoms with Gasteiger partial charge in [-0.3, -0.25) is 14.4 Å². The molecule has 2 heterocycles. The molecular weight excluding hydrogens is 316 g/mol. The first-order valence-electron chi connectivity index (χ1n) is 9.48. The van der Waals surface area contributed by atoms with Gasteiger partial charge in [-0.2, -0.15) is 0 Å². The molecule has 2 aliphatic heterocycles. The first-order valence-corrected chi connectivity index (χ1v) is 9.48. The normalized spacial score (nSPS) is 29.4. The fourth-order valence-electron chi connectivity index (χ4n) is 4.79. The second-order valence-electron chi connectivity index (χ2n) is 7.63. The summed E-state index contributed by atoms with van der Waals surface area (Å²) < 4.78 is 0. The number of hydrogen-bond donors (Lipinski definition) is 0. The average molecular weight is 342 g/mol. The van der Waals surface area contributed by atoms with E-state index in [2.05, 4.69) is 0 Å². The van der Waals surface area contributed by atoms with Crippen LogP contribution in [0.1, 0.15) is 48.9 Å². The van der Waals surface area contributed by atoms with Crippen molar-refractivity contribution in [1.29, 1.82) is 0 Å². The molecule has 25 heavy (non-hydrogen) atoms. The van der Waals surface area contributed by atoms with Gasteiger partial charge in [0, 0.05) is 36.5 Å². The lowest BCUT2D eigenvalue weighted by molar-refractivity contribution is -0.204. The highest BCUT2D eigenvalue weighted by atomic mass is 16.7. The number of carbonyl (C=O) groups excluding carboxylic acids is 2. The van der Waals surface area contributed by atoms with Crippen LogP contribution in [0.4, 0.5) is 0 Å². The van der Waals surface area contributed by atoms with Gasteiger partial charge >= 0.3 is 0 Å². The van der Waals surface area contributed by atoms with Crippen molar-refractivity contribution < 1.29 is 14.4 Å². The Labute approximate surface area is 148 Å². The molecule has 0 N–H and O–H groups in total. The zero-order valence-corrected chi connectivity index (χ0v) is 14.7. The minimum atomic E-state index is -0.0532. The standard InChI is InChI=1S/C20H26N2O3/c23-18(16-7-2-1-3-8-16)21-13-11-20(15-21)10-6-9-17(20)19(24)22-12-4-5-14-25-22/h1-3,7-8,17H,4-6,9-15H2/t17-,20-/m1/s1. The van der Waals surface area contributed by atoms with Gasteiger partial charge in [0.05, 0.1) is 6.61 Å². The van der Waals surface area contributed by atoms with Gasteiger partial charge in [-0.05, 0) is 44.2 Å². The van der Waals surface area contributed by atoms with Crippen molar-refractivity contribution in [1.82, 2.24) is 9.96 Å². The number of nitrogens with zero attached hydrogens (tertiary/aromatic N) is 2. The zero-order valence-electron chi connectivity index (χ0n) is 14.7. The van der Waals surface area contributed by atoms with Crippen molar-refractivity contribution in [2.45, 2.75) is 38.5 Å². The Kier molecular flexibility index (Phi) is 4.50. The molecule has 0 radical (unpaired) electrons. The van der Waals surface area contributed by atoms with Crippen molar-refractivity contribution in [2.24, 2.45) is 11.3 Å². The van der Waals surface area contributed by atoms with E-state index in [0.717, 1.165) is 50.6 Å². The molecular formula is C20H26N2O3. The predicted molar refractivity (Wildman–Crippen MR) is 93.6 cm³/mol. The molecule has 3 aliphatic rings. The predicted octanol–water partition coefficient (Wildman–Crippen LogP) is 2.87. The molecule has 3 fully saturated rings. The number of rotatable bonds is 2. The molecule has 5 heteroatoms. The summed E-state index contributed by atoms with van der Waals surface area (Å²) in [6.07, 6.45) is 6.00. The molecule has 0 aromatic heterocycles. The number of benzene rings is 1. The van der Waals surface area contributed by atoms with Crippen LogP contribution in [-0.2, 0) is 9.63 Å². The maximum Gasteiger partial charge on any atom is 0.253 e. The van der Waals surface area contributed by atoms with Gasteiger partial charge in [-0.25, -0.2) is 5.06 Å². The number of carbonyl (C=O) groups is 2. The Morgan fingerprint density at radius 2 is 1.88 bits per heavy atom. The highest BCUT2D eigenvalue weighted by Gasteiger charge is 2.52. The summed E-state index contributed by atoms with van der Waals surface area (Å²) in [6, 6.07) is 9.45. The summed E-state index contributed by atoms with van der Waals surface area (Å²) in [5.74, 6) is 0.232. The maximum absolute atomic E-state index is 13.0. The van der Waals surface area contributed by atoms with Crippen LogP contribution in [-0.4, -0.2) is 48.0 Å². The van der Waals surface area contributed by atoms with Crippen LogP contribution >= 0.6 is 0 Å². The van der Waals surface area contributed by atoms with E-state index in [4.69, 9.17) is 4.84 Å². The van der Waals surface area contributed by atoms with Gasteiger partial charge < -0.3 is 4.90 Å². The van der Waals surface area contributed by atoms with E-state index in [1.807, 2.05) is 35.2 Å². The molecule has 5 nitrogen and oxygen atoms in total. The molecule has 2 saturated heterocycles. The van der Waals surface area contributed by atoms with Gasteiger partial charge in [0.2, 0.25) is 5.91 Å². The molecule has 134 valence electrons. The quantitative estimate of drug-likeness (QED) is 0.830. The Morgan fingerprint density at radius 3 is 2.64 bits per heavy atom. The molecule has 1 spiro atoms. The monoisotopic (exact) mass is 342 g/mol. The molecule has 0 bridgehead atoms. The second-order valence-corrected chi connectivity index (χ2v) is 7.63. The smallest absolute Gasteiger partial charge is 0.253 e. The summed E-state index contributed by atoms with van der Waals surface area (Å²) in [4.78, 5) is 33.3. The Hall–Kier alpha value is -1.88. The van der Waals surface area contributed by atoms with Crippen LogP contribution in [0, 0.1) is 11.3 Å². The van der Waals surface area contributed by atoms with Crippen LogP contribution in [0.5, 0.6) is 0 Å². The number of likely N-dealkylation sites (tertiary alicyclic amines) is 1. The topological polar surface area (TPSA) is 49.9 Å². The van der Waals surface area contributed by atoms with Gasteiger partial charge in [-0.15, -0.1) is 0 Å². The van der Waals surface area contributed by atoms with E-state index in [0.29, 0.717) is 19.7 Å².